The first-order chi connectivity index (χ1) is 6.63. The Kier molecular flexibility index (Phi) is 3.41. The number of pyridine rings is 1. The van der Waals surface area contributed by atoms with Crippen LogP contribution in [0.3, 0.4) is 0 Å². The van der Waals surface area contributed by atoms with E-state index in [-0.39, 0.29) is 24.5 Å². The highest BCUT2D eigenvalue weighted by Crippen LogP contribution is 2.15. The van der Waals surface area contributed by atoms with Gasteiger partial charge in [0.25, 0.3) is 0 Å². The zero-order valence-electron chi connectivity index (χ0n) is 7.47. The van der Waals surface area contributed by atoms with Gasteiger partial charge in [0.2, 0.25) is 0 Å². The minimum absolute atomic E-state index is 0.0113. The van der Waals surface area contributed by atoms with Crippen molar-refractivity contribution in [3.8, 4) is 5.75 Å². The molecule has 0 bridgehead atoms. The number of carboxylic acids is 1. The van der Waals surface area contributed by atoms with Crippen LogP contribution in [0, 0.1) is 0 Å². The molecule has 0 fully saturated rings. The molecule has 0 aliphatic rings. The summed E-state index contributed by atoms with van der Waals surface area (Å²) in [5.74, 6) is -0.975. The zero-order valence-corrected chi connectivity index (χ0v) is 7.47. The van der Waals surface area contributed by atoms with Gasteiger partial charge in [0, 0.05) is 12.1 Å². The van der Waals surface area contributed by atoms with Gasteiger partial charge in [-0.05, 0) is 12.1 Å². The molecule has 0 spiro atoms. The summed E-state index contributed by atoms with van der Waals surface area (Å²) in [4.78, 5) is 14.2. The molecule has 14 heavy (non-hydrogen) atoms. The largest absolute Gasteiger partial charge is 0.506 e. The van der Waals surface area contributed by atoms with E-state index in [0.29, 0.717) is 12.1 Å². The molecule has 0 saturated carbocycles. The second kappa shape index (κ2) is 4.57. The van der Waals surface area contributed by atoms with Gasteiger partial charge in [0.1, 0.15) is 11.4 Å². The standard InChI is InChI=1S/C9H11NO4/c11-5-7-8(12)3-1-6(10-7)2-4-9(13)14/h1,3,11-12H,2,4-5H2,(H,13,14). The third kappa shape index (κ3) is 2.70. The Balaban J connectivity index is 2.74. The lowest BCUT2D eigenvalue weighted by molar-refractivity contribution is -0.136. The van der Waals surface area contributed by atoms with Crippen molar-refractivity contribution < 1.29 is 20.1 Å². The fourth-order valence-electron chi connectivity index (χ4n) is 1.03. The third-order valence-corrected chi connectivity index (χ3v) is 1.75. The van der Waals surface area contributed by atoms with Gasteiger partial charge in [0.05, 0.1) is 13.0 Å². The molecule has 5 nitrogen and oxygen atoms in total. The van der Waals surface area contributed by atoms with E-state index in [1.54, 1.807) is 0 Å². The van der Waals surface area contributed by atoms with Crippen molar-refractivity contribution in [3.63, 3.8) is 0 Å². The maximum Gasteiger partial charge on any atom is 0.303 e. The summed E-state index contributed by atoms with van der Waals surface area (Å²) in [6.07, 6.45) is 0.283. The van der Waals surface area contributed by atoms with Gasteiger partial charge in [-0.2, -0.15) is 0 Å². The molecular formula is C9H11NO4. The summed E-state index contributed by atoms with van der Waals surface area (Å²) >= 11 is 0. The Morgan fingerprint density at radius 1 is 1.43 bits per heavy atom. The Labute approximate surface area is 80.7 Å². The number of hydrogen-bond acceptors (Lipinski definition) is 4. The maximum atomic E-state index is 10.3. The van der Waals surface area contributed by atoms with Crippen LogP contribution in [0.15, 0.2) is 12.1 Å². The fourth-order valence-corrected chi connectivity index (χ4v) is 1.03. The van der Waals surface area contributed by atoms with Gasteiger partial charge in [-0.3, -0.25) is 9.78 Å². The van der Waals surface area contributed by atoms with Crippen molar-refractivity contribution in [2.75, 3.05) is 0 Å². The third-order valence-electron chi connectivity index (χ3n) is 1.75. The summed E-state index contributed by atoms with van der Waals surface area (Å²) in [6.45, 7) is -0.354. The number of aliphatic carboxylic acids is 1. The van der Waals surface area contributed by atoms with Gasteiger partial charge in [-0.25, -0.2) is 0 Å². The molecule has 0 saturated heterocycles. The number of carbonyl (C=O) groups is 1. The van der Waals surface area contributed by atoms with E-state index in [0.717, 1.165) is 0 Å². The number of nitrogens with zero attached hydrogens (tertiary/aromatic N) is 1. The van der Waals surface area contributed by atoms with E-state index in [1.807, 2.05) is 0 Å². The second-order valence-electron chi connectivity index (χ2n) is 2.82. The zero-order chi connectivity index (χ0) is 10.6. The number of rotatable bonds is 4. The molecule has 1 aromatic rings. The lowest BCUT2D eigenvalue weighted by Gasteiger charge is -2.03. The van der Waals surface area contributed by atoms with Crippen molar-refractivity contribution in [1.29, 1.82) is 0 Å². The molecule has 1 aromatic heterocycles. The van der Waals surface area contributed by atoms with Crippen molar-refractivity contribution in [2.45, 2.75) is 19.4 Å². The summed E-state index contributed by atoms with van der Waals surface area (Å²) in [5, 5.41) is 26.4. The molecule has 76 valence electrons. The first-order valence-corrected chi connectivity index (χ1v) is 4.14. The monoisotopic (exact) mass is 197 g/mol. The van der Waals surface area contributed by atoms with Crippen molar-refractivity contribution in [1.82, 2.24) is 4.98 Å². The lowest BCUT2D eigenvalue weighted by Crippen LogP contribution is -2.01. The van der Waals surface area contributed by atoms with Gasteiger partial charge >= 0.3 is 5.97 Å². The van der Waals surface area contributed by atoms with Gasteiger partial charge in [0.15, 0.2) is 0 Å². The van der Waals surface area contributed by atoms with Crippen LogP contribution in [0.1, 0.15) is 17.8 Å². The number of aromatic nitrogens is 1. The number of aliphatic hydroxyl groups is 1. The summed E-state index contributed by atoms with van der Waals surface area (Å²) < 4.78 is 0. The second-order valence-corrected chi connectivity index (χ2v) is 2.82. The molecular weight excluding hydrogens is 186 g/mol. The van der Waals surface area contributed by atoms with E-state index in [9.17, 15) is 9.90 Å². The highest BCUT2D eigenvalue weighted by molar-refractivity contribution is 5.66. The van der Waals surface area contributed by atoms with Crippen LogP contribution in [0.2, 0.25) is 0 Å². The predicted octanol–water partition coefficient (Wildman–Crippen LogP) is 0.297. The van der Waals surface area contributed by atoms with E-state index in [1.165, 1.54) is 12.1 Å². The summed E-state index contributed by atoms with van der Waals surface area (Å²) in [7, 11) is 0. The van der Waals surface area contributed by atoms with Crippen LogP contribution in [-0.2, 0) is 17.8 Å². The maximum absolute atomic E-state index is 10.3. The van der Waals surface area contributed by atoms with Crippen LogP contribution < -0.4 is 0 Å². The minimum Gasteiger partial charge on any atom is -0.506 e. The van der Waals surface area contributed by atoms with Crippen LogP contribution in [-0.4, -0.2) is 26.3 Å². The van der Waals surface area contributed by atoms with Gasteiger partial charge < -0.3 is 15.3 Å². The molecule has 0 atom stereocenters. The number of aromatic hydroxyl groups is 1. The topological polar surface area (TPSA) is 90.7 Å². The molecule has 0 aliphatic heterocycles. The number of aryl methyl sites for hydroxylation is 1. The first-order valence-electron chi connectivity index (χ1n) is 4.14. The smallest absolute Gasteiger partial charge is 0.303 e. The quantitative estimate of drug-likeness (QED) is 0.645. The Bertz CT molecular complexity index is 338. The van der Waals surface area contributed by atoms with E-state index in [4.69, 9.17) is 10.2 Å². The fraction of sp³-hybridized carbons (Fsp3) is 0.333. The molecule has 0 aliphatic carbocycles. The molecule has 3 N–H and O–H groups in total. The van der Waals surface area contributed by atoms with Crippen LogP contribution in [0.5, 0.6) is 5.75 Å². The average molecular weight is 197 g/mol. The molecule has 0 radical (unpaired) electrons. The van der Waals surface area contributed by atoms with Crippen molar-refractivity contribution in [2.24, 2.45) is 0 Å². The number of hydrogen-bond donors (Lipinski definition) is 3. The Hall–Kier alpha value is -1.62. The van der Waals surface area contributed by atoms with Gasteiger partial charge in [-0.1, -0.05) is 0 Å². The van der Waals surface area contributed by atoms with Crippen LogP contribution in [0.25, 0.3) is 0 Å². The van der Waals surface area contributed by atoms with Crippen molar-refractivity contribution in [3.05, 3.63) is 23.5 Å². The molecule has 0 amide bonds. The molecule has 5 heteroatoms. The predicted molar refractivity (Wildman–Crippen MR) is 47.8 cm³/mol. The Morgan fingerprint density at radius 2 is 2.14 bits per heavy atom. The van der Waals surface area contributed by atoms with Crippen LogP contribution in [0.4, 0.5) is 0 Å². The SMILES string of the molecule is O=C(O)CCc1ccc(O)c(CO)n1. The minimum atomic E-state index is -0.898. The molecule has 1 rings (SSSR count). The molecule has 0 aromatic carbocycles. The summed E-state index contributed by atoms with van der Waals surface area (Å²) in [5.41, 5.74) is 0.724. The van der Waals surface area contributed by atoms with Crippen LogP contribution >= 0.6 is 0 Å². The lowest BCUT2D eigenvalue weighted by atomic mass is 10.2. The normalized spacial score (nSPS) is 10.1. The van der Waals surface area contributed by atoms with Crippen molar-refractivity contribution >= 4 is 5.97 Å². The number of aliphatic hydroxyl groups excluding tert-OH is 1. The highest BCUT2D eigenvalue weighted by atomic mass is 16.4. The average Bonchev–Trinajstić information content (AvgIpc) is 2.16. The Morgan fingerprint density at radius 3 is 2.71 bits per heavy atom. The van der Waals surface area contributed by atoms with E-state index in [2.05, 4.69) is 4.98 Å². The molecule has 0 unspecified atom stereocenters. The van der Waals surface area contributed by atoms with E-state index >= 15 is 0 Å². The first kappa shape index (κ1) is 10.5. The van der Waals surface area contributed by atoms with Gasteiger partial charge in [-0.15, -0.1) is 0 Å². The molecule has 1 heterocycles. The summed E-state index contributed by atoms with van der Waals surface area (Å²) in [6, 6.07) is 2.94. The van der Waals surface area contributed by atoms with E-state index < -0.39 is 5.97 Å². The highest BCUT2D eigenvalue weighted by Gasteiger charge is 2.05. The number of carboxylic acid groups (broad SMARTS) is 1.